The van der Waals surface area contributed by atoms with Crippen LogP contribution >= 0.6 is 0 Å². The van der Waals surface area contributed by atoms with E-state index in [2.05, 4.69) is 19.2 Å². The average Bonchev–Trinajstić information content (AvgIpc) is 2.70. The first-order chi connectivity index (χ1) is 13.9. The molecule has 1 N–H and O–H groups in total. The lowest BCUT2D eigenvalue weighted by molar-refractivity contribution is -0.118. The predicted molar refractivity (Wildman–Crippen MR) is 113 cm³/mol. The molecule has 152 valence electrons. The number of ketones is 1. The number of carbonyl (C=O) groups excluding carboxylic acids is 1. The first-order valence-electron chi connectivity index (χ1n) is 9.80. The van der Waals surface area contributed by atoms with Crippen LogP contribution in [0.4, 0.5) is 5.69 Å². The minimum Gasteiger partial charge on any atom is -0.497 e. The number of nitrogens with one attached hydrogen (secondary N) is 1. The van der Waals surface area contributed by atoms with Crippen LogP contribution in [0.5, 0.6) is 17.2 Å². The van der Waals surface area contributed by atoms with Crippen molar-refractivity contribution in [3.8, 4) is 17.2 Å². The summed E-state index contributed by atoms with van der Waals surface area (Å²) in [7, 11) is 4.94. The molecule has 2 aromatic carbocycles. The Morgan fingerprint density at radius 2 is 1.62 bits per heavy atom. The summed E-state index contributed by atoms with van der Waals surface area (Å²) in [5.41, 5.74) is 4.68. The third kappa shape index (κ3) is 3.35. The minimum absolute atomic E-state index is 0.0756. The highest BCUT2D eigenvalue weighted by molar-refractivity contribution is 6.02. The van der Waals surface area contributed by atoms with E-state index >= 15 is 0 Å². The zero-order chi connectivity index (χ0) is 20.8. The number of anilines is 1. The number of hydrogen-bond donors (Lipinski definition) is 1. The van der Waals surface area contributed by atoms with Crippen molar-refractivity contribution in [1.82, 2.24) is 0 Å². The number of hydrogen-bond acceptors (Lipinski definition) is 5. The second-order valence-electron chi connectivity index (χ2n) is 8.46. The third-order valence-corrected chi connectivity index (χ3v) is 5.80. The number of benzene rings is 2. The molecule has 1 atom stereocenters. The molecule has 29 heavy (non-hydrogen) atoms. The second-order valence-corrected chi connectivity index (χ2v) is 8.46. The average molecular weight is 393 g/mol. The lowest BCUT2D eigenvalue weighted by Gasteiger charge is -2.40. The SMILES string of the molecule is COc1ccc([C@@H]2C3=C(CC(C)(C)CC3=O)Nc3cc(OC)cc(OC)c32)cc1. The lowest BCUT2D eigenvalue weighted by atomic mass is 9.68. The molecule has 4 rings (SSSR count). The zero-order valence-electron chi connectivity index (χ0n) is 17.6. The zero-order valence-corrected chi connectivity index (χ0v) is 17.6. The van der Waals surface area contributed by atoms with Gasteiger partial charge in [-0.05, 0) is 29.5 Å². The van der Waals surface area contributed by atoms with Crippen LogP contribution in [-0.4, -0.2) is 27.1 Å². The monoisotopic (exact) mass is 393 g/mol. The maximum atomic E-state index is 13.3. The molecule has 0 saturated carbocycles. The smallest absolute Gasteiger partial charge is 0.162 e. The highest BCUT2D eigenvalue weighted by Gasteiger charge is 2.42. The van der Waals surface area contributed by atoms with Gasteiger partial charge < -0.3 is 19.5 Å². The molecule has 2 aromatic rings. The number of ether oxygens (including phenoxy) is 3. The van der Waals surface area contributed by atoms with Crippen molar-refractivity contribution >= 4 is 11.5 Å². The van der Waals surface area contributed by atoms with Crippen LogP contribution in [0.25, 0.3) is 0 Å². The molecule has 2 aliphatic rings. The van der Waals surface area contributed by atoms with Crippen LogP contribution in [-0.2, 0) is 4.79 Å². The Hall–Kier alpha value is -2.95. The molecule has 0 amide bonds. The van der Waals surface area contributed by atoms with Crippen molar-refractivity contribution in [1.29, 1.82) is 0 Å². The molecular weight excluding hydrogens is 366 g/mol. The molecule has 0 unspecified atom stereocenters. The molecule has 1 heterocycles. The fraction of sp³-hybridized carbons (Fsp3) is 0.375. The van der Waals surface area contributed by atoms with E-state index in [1.54, 1.807) is 21.3 Å². The van der Waals surface area contributed by atoms with Crippen molar-refractivity contribution in [3.05, 3.63) is 58.8 Å². The maximum Gasteiger partial charge on any atom is 0.162 e. The van der Waals surface area contributed by atoms with Crippen LogP contribution in [0.3, 0.4) is 0 Å². The van der Waals surface area contributed by atoms with E-state index in [1.807, 2.05) is 36.4 Å². The second kappa shape index (κ2) is 7.14. The number of allylic oxidation sites excluding steroid dienone is 2. The number of methoxy groups -OCH3 is 3. The van der Waals surface area contributed by atoms with E-state index in [4.69, 9.17) is 14.2 Å². The Bertz CT molecular complexity index is 989. The topological polar surface area (TPSA) is 56.8 Å². The van der Waals surface area contributed by atoms with E-state index in [-0.39, 0.29) is 17.1 Å². The van der Waals surface area contributed by atoms with E-state index in [0.29, 0.717) is 17.9 Å². The third-order valence-electron chi connectivity index (χ3n) is 5.80. The number of Topliss-reactive ketones (excluding diaryl/α,β-unsaturated/α-hetero) is 1. The van der Waals surface area contributed by atoms with E-state index in [9.17, 15) is 4.79 Å². The molecule has 5 nitrogen and oxygen atoms in total. The first kappa shape index (κ1) is 19.4. The van der Waals surface area contributed by atoms with Gasteiger partial charge in [0.2, 0.25) is 0 Å². The summed E-state index contributed by atoms with van der Waals surface area (Å²) in [6, 6.07) is 11.8. The maximum absolute atomic E-state index is 13.3. The van der Waals surface area contributed by atoms with Crippen LogP contribution in [0, 0.1) is 5.41 Å². The fourth-order valence-electron chi connectivity index (χ4n) is 4.51. The first-order valence-corrected chi connectivity index (χ1v) is 9.80. The molecule has 0 bridgehead atoms. The summed E-state index contributed by atoms with van der Waals surface area (Å²) >= 11 is 0. The summed E-state index contributed by atoms with van der Waals surface area (Å²) in [5, 5.41) is 3.53. The van der Waals surface area contributed by atoms with Gasteiger partial charge in [-0.3, -0.25) is 4.79 Å². The Kier molecular flexibility index (Phi) is 4.77. The minimum atomic E-state index is -0.198. The Morgan fingerprint density at radius 1 is 0.931 bits per heavy atom. The Labute approximate surface area is 171 Å². The highest BCUT2D eigenvalue weighted by atomic mass is 16.5. The van der Waals surface area contributed by atoms with Crippen LogP contribution in [0.2, 0.25) is 0 Å². The summed E-state index contributed by atoms with van der Waals surface area (Å²) in [4.78, 5) is 13.3. The van der Waals surface area contributed by atoms with Gasteiger partial charge in [-0.1, -0.05) is 26.0 Å². The van der Waals surface area contributed by atoms with Gasteiger partial charge in [0.1, 0.15) is 17.2 Å². The van der Waals surface area contributed by atoms with Gasteiger partial charge in [-0.2, -0.15) is 0 Å². The van der Waals surface area contributed by atoms with Crippen molar-refractivity contribution in [2.75, 3.05) is 26.6 Å². The van der Waals surface area contributed by atoms with Gasteiger partial charge in [0.05, 0.1) is 21.3 Å². The quantitative estimate of drug-likeness (QED) is 0.800. The van der Waals surface area contributed by atoms with Crippen LogP contribution in [0.1, 0.15) is 43.7 Å². The predicted octanol–water partition coefficient (Wildman–Crippen LogP) is 4.91. The van der Waals surface area contributed by atoms with E-state index < -0.39 is 0 Å². The Balaban J connectivity index is 1.96. The molecule has 0 aromatic heterocycles. The number of fused-ring (bicyclic) bond motifs is 1. The molecular formula is C24H27NO4. The highest BCUT2D eigenvalue weighted by Crippen LogP contribution is 2.52. The summed E-state index contributed by atoms with van der Waals surface area (Å²) in [6.45, 7) is 4.28. The number of rotatable bonds is 4. The van der Waals surface area contributed by atoms with Crippen LogP contribution < -0.4 is 19.5 Å². The lowest BCUT2D eigenvalue weighted by Crippen LogP contribution is -2.34. The summed E-state index contributed by atoms with van der Waals surface area (Å²) in [5.74, 6) is 2.20. The normalized spacial score (nSPS) is 19.8. The van der Waals surface area contributed by atoms with E-state index in [0.717, 1.165) is 40.3 Å². The molecule has 0 fully saturated rings. The van der Waals surface area contributed by atoms with Crippen LogP contribution in [0.15, 0.2) is 47.7 Å². The Morgan fingerprint density at radius 3 is 2.24 bits per heavy atom. The molecule has 0 saturated heterocycles. The van der Waals surface area contributed by atoms with Gasteiger partial charge in [0.15, 0.2) is 5.78 Å². The molecule has 0 radical (unpaired) electrons. The molecule has 1 aliphatic carbocycles. The van der Waals surface area contributed by atoms with Gasteiger partial charge in [0, 0.05) is 47.0 Å². The standard InChI is InChI=1S/C24H27NO4/c1-24(2)12-18-22(19(26)13-24)21(14-6-8-15(27-3)9-7-14)23-17(25-18)10-16(28-4)11-20(23)29-5/h6-11,21,25H,12-13H2,1-5H3/t21-/m1/s1. The largest absolute Gasteiger partial charge is 0.497 e. The number of carbonyl (C=O) groups is 1. The molecule has 5 heteroatoms. The summed E-state index contributed by atoms with van der Waals surface area (Å²) in [6.07, 6.45) is 1.35. The molecule has 0 spiro atoms. The summed E-state index contributed by atoms with van der Waals surface area (Å²) < 4.78 is 16.5. The van der Waals surface area contributed by atoms with Crippen molar-refractivity contribution in [2.24, 2.45) is 5.41 Å². The van der Waals surface area contributed by atoms with Crippen molar-refractivity contribution in [2.45, 2.75) is 32.6 Å². The van der Waals surface area contributed by atoms with Gasteiger partial charge in [-0.15, -0.1) is 0 Å². The van der Waals surface area contributed by atoms with Gasteiger partial charge in [-0.25, -0.2) is 0 Å². The fourth-order valence-corrected chi connectivity index (χ4v) is 4.51. The van der Waals surface area contributed by atoms with Gasteiger partial charge >= 0.3 is 0 Å². The van der Waals surface area contributed by atoms with E-state index in [1.165, 1.54) is 0 Å². The van der Waals surface area contributed by atoms with Crippen molar-refractivity contribution in [3.63, 3.8) is 0 Å². The molecule has 1 aliphatic heterocycles. The van der Waals surface area contributed by atoms with Gasteiger partial charge in [0.25, 0.3) is 0 Å². The van der Waals surface area contributed by atoms with Crippen molar-refractivity contribution < 1.29 is 19.0 Å².